The largest absolute Gasteiger partial charge is 0.352 e. The fourth-order valence-electron chi connectivity index (χ4n) is 2.93. The minimum absolute atomic E-state index is 0.277. The van der Waals surface area contributed by atoms with Crippen LogP contribution in [-0.2, 0) is 11.3 Å². The maximum absolute atomic E-state index is 11.9. The Hall–Kier alpha value is -1.35. The van der Waals surface area contributed by atoms with Gasteiger partial charge in [-0.05, 0) is 24.3 Å². The Morgan fingerprint density at radius 2 is 2.11 bits per heavy atom. The fourth-order valence-corrected chi connectivity index (χ4v) is 2.93. The van der Waals surface area contributed by atoms with Gasteiger partial charge in [0, 0.05) is 31.6 Å². The summed E-state index contributed by atoms with van der Waals surface area (Å²) in [6, 6.07) is 10.9. The molecule has 3 rings (SSSR count). The number of likely N-dealkylation sites (tertiary alicyclic amines) is 1. The van der Waals surface area contributed by atoms with Crippen LogP contribution in [-0.4, -0.2) is 29.9 Å². The molecule has 0 spiro atoms. The van der Waals surface area contributed by atoms with E-state index in [2.05, 4.69) is 41.4 Å². The zero-order valence-electron chi connectivity index (χ0n) is 11.5. The molecule has 2 fully saturated rings. The van der Waals surface area contributed by atoms with E-state index in [0.29, 0.717) is 17.9 Å². The molecule has 102 valence electrons. The molecule has 3 atom stereocenters. The average molecular weight is 258 g/mol. The van der Waals surface area contributed by atoms with Crippen molar-refractivity contribution in [1.82, 2.24) is 10.2 Å². The Morgan fingerprint density at radius 3 is 2.79 bits per heavy atom. The van der Waals surface area contributed by atoms with E-state index in [4.69, 9.17) is 0 Å². The molecule has 1 saturated heterocycles. The predicted molar refractivity (Wildman–Crippen MR) is 75.5 cm³/mol. The molecule has 1 aliphatic heterocycles. The van der Waals surface area contributed by atoms with E-state index >= 15 is 0 Å². The highest BCUT2D eigenvalue weighted by Gasteiger charge is 2.40. The van der Waals surface area contributed by atoms with E-state index in [-0.39, 0.29) is 5.91 Å². The van der Waals surface area contributed by atoms with Crippen LogP contribution in [0.4, 0.5) is 0 Å². The first kappa shape index (κ1) is 12.7. The molecule has 3 nitrogen and oxygen atoms in total. The lowest BCUT2D eigenvalue weighted by molar-refractivity contribution is -0.123. The van der Waals surface area contributed by atoms with Gasteiger partial charge in [-0.25, -0.2) is 0 Å². The molecule has 3 heteroatoms. The summed E-state index contributed by atoms with van der Waals surface area (Å²) in [4.78, 5) is 14.3. The Kier molecular flexibility index (Phi) is 3.56. The lowest BCUT2D eigenvalue weighted by atomic mass is 10.2. The van der Waals surface area contributed by atoms with Crippen LogP contribution in [0, 0.1) is 11.8 Å². The standard InChI is InChI=1S/C16H22N2O/c1-12-9-15(12)16(19)17-14-7-8-18(11-14)10-13-5-3-2-4-6-13/h2-6,12,14-15H,7-11H2,1H3,(H,17,19)/t12-,14-,15+/m1/s1. The lowest BCUT2D eigenvalue weighted by Gasteiger charge is -2.16. The monoisotopic (exact) mass is 258 g/mol. The highest BCUT2D eigenvalue weighted by atomic mass is 16.2. The minimum Gasteiger partial charge on any atom is -0.352 e. The summed E-state index contributed by atoms with van der Waals surface area (Å²) < 4.78 is 0. The normalized spacial score (nSPS) is 30.3. The van der Waals surface area contributed by atoms with E-state index in [9.17, 15) is 4.79 Å². The van der Waals surface area contributed by atoms with Crippen LogP contribution in [0.5, 0.6) is 0 Å². The van der Waals surface area contributed by atoms with Crippen molar-refractivity contribution in [2.24, 2.45) is 11.8 Å². The van der Waals surface area contributed by atoms with Gasteiger partial charge in [0.25, 0.3) is 0 Å². The molecule has 0 radical (unpaired) electrons. The number of carbonyl (C=O) groups is 1. The summed E-state index contributed by atoms with van der Waals surface area (Å²) >= 11 is 0. The molecule has 0 unspecified atom stereocenters. The van der Waals surface area contributed by atoms with Crippen molar-refractivity contribution >= 4 is 5.91 Å². The molecule has 1 saturated carbocycles. The van der Waals surface area contributed by atoms with Crippen molar-refractivity contribution < 1.29 is 4.79 Å². The molecular formula is C16H22N2O. The van der Waals surface area contributed by atoms with E-state index in [0.717, 1.165) is 32.5 Å². The molecule has 1 amide bonds. The summed E-state index contributed by atoms with van der Waals surface area (Å²) in [6.07, 6.45) is 2.16. The lowest BCUT2D eigenvalue weighted by Crippen LogP contribution is -2.38. The third-order valence-electron chi connectivity index (χ3n) is 4.31. The summed E-state index contributed by atoms with van der Waals surface area (Å²) in [5.41, 5.74) is 1.35. The molecule has 0 bridgehead atoms. The number of hydrogen-bond acceptors (Lipinski definition) is 2. The van der Waals surface area contributed by atoms with Crippen LogP contribution in [0.25, 0.3) is 0 Å². The molecule has 1 aromatic carbocycles. The second kappa shape index (κ2) is 5.33. The zero-order chi connectivity index (χ0) is 13.2. The van der Waals surface area contributed by atoms with Crippen LogP contribution in [0.15, 0.2) is 30.3 Å². The topological polar surface area (TPSA) is 32.3 Å². The quantitative estimate of drug-likeness (QED) is 0.896. The average Bonchev–Trinajstić information content (AvgIpc) is 2.99. The van der Waals surface area contributed by atoms with Gasteiger partial charge >= 0.3 is 0 Å². The van der Waals surface area contributed by atoms with E-state index in [1.54, 1.807) is 0 Å². The first-order chi connectivity index (χ1) is 9.22. The molecule has 1 aromatic rings. The van der Waals surface area contributed by atoms with Crippen molar-refractivity contribution in [3.8, 4) is 0 Å². The Bertz CT molecular complexity index is 445. The zero-order valence-corrected chi connectivity index (χ0v) is 11.5. The Balaban J connectivity index is 1.46. The first-order valence-corrected chi connectivity index (χ1v) is 7.29. The SMILES string of the molecule is C[C@@H]1C[C@@H]1C(=O)N[C@@H]1CCN(Cc2ccccc2)C1. The van der Waals surface area contributed by atoms with Gasteiger partial charge in [-0.1, -0.05) is 37.3 Å². The van der Waals surface area contributed by atoms with Crippen LogP contribution in [0.2, 0.25) is 0 Å². The predicted octanol–water partition coefficient (Wildman–Crippen LogP) is 2.03. The highest BCUT2D eigenvalue weighted by molar-refractivity contribution is 5.81. The van der Waals surface area contributed by atoms with E-state index < -0.39 is 0 Å². The van der Waals surface area contributed by atoms with Gasteiger partial charge in [-0.3, -0.25) is 9.69 Å². The molecule has 19 heavy (non-hydrogen) atoms. The minimum atomic E-state index is 0.277. The van der Waals surface area contributed by atoms with Gasteiger partial charge in [-0.15, -0.1) is 0 Å². The molecular weight excluding hydrogens is 236 g/mol. The van der Waals surface area contributed by atoms with E-state index in [1.165, 1.54) is 5.56 Å². The number of amides is 1. The summed E-state index contributed by atoms with van der Waals surface area (Å²) in [7, 11) is 0. The van der Waals surface area contributed by atoms with Crippen molar-refractivity contribution in [1.29, 1.82) is 0 Å². The molecule has 2 aliphatic rings. The van der Waals surface area contributed by atoms with Gasteiger partial charge in [0.2, 0.25) is 5.91 Å². The molecule has 1 heterocycles. The fraction of sp³-hybridized carbons (Fsp3) is 0.562. The van der Waals surface area contributed by atoms with Crippen molar-refractivity contribution in [2.45, 2.75) is 32.4 Å². The maximum atomic E-state index is 11.9. The Morgan fingerprint density at radius 1 is 1.37 bits per heavy atom. The number of benzene rings is 1. The summed E-state index contributed by atoms with van der Waals surface area (Å²) in [6.45, 7) is 5.22. The number of nitrogens with one attached hydrogen (secondary N) is 1. The smallest absolute Gasteiger partial charge is 0.223 e. The Labute approximate surface area is 115 Å². The van der Waals surface area contributed by atoms with Crippen molar-refractivity contribution in [2.75, 3.05) is 13.1 Å². The number of nitrogens with zero attached hydrogens (tertiary/aromatic N) is 1. The van der Waals surface area contributed by atoms with E-state index in [1.807, 2.05) is 6.07 Å². The molecule has 1 N–H and O–H groups in total. The van der Waals surface area contributed by atoms with Crippen LogP contribution in [0.1, 0.15) is 25.3 Å². The maximum Gasteiger partial charge on any atom is 0.223 e. The van der Waals surface area contributed by atoms with Crippen LogP contribution >= 0.6 is 0 Å². The van der Waals surface area contributed by atoms with Crippen LogP contribution < -0.4 is 5.32 Å². The second-order valence-corrected chi connectivity index (χ2v) is 6.03. The molecule has 1 aliphatic carbocycles. The number of carbonyl (C=O) groups excluding carboxylic acids is 1. The van der Waals surface area contributed by atoms with Gasteiger partial charge < -0.3 is 5.32 Å². The van der Waals surface area contributed by atoms with Crippen LogP contribution in [0.3, 0.4) is 0 Å². The highest BCUT2D eigenvalue weighted by Crippen LogP contribution is 2.37. The number of hydrogen-bond donors (Lipinski definition) is 1. The second-order valence-electron chi connectivity index (χ2n) is 6.03. The van der Waals surface area contributed by atoms with Gasteiger partial charge in [0.1, 0.15) is 0 Å². The third kappa shape index (κ3) is 3.16. The third-order valence-corrected chi connectivity index (χ3v) is 4.31. The van der Waals surface area contributed by atoms with Crippen molar-refractivity contribution in [3.05, 3.63) is 35.9 Å². The molecule has 0 aromatic heterocycles. The van der Waals surface area contributed by atoms with Crippen molar-refractivity contribution in [3.63, 3.8) is 0 Å². The number of rotatable bonds is 4. The van der Waals surface area contributed by atoms with Gasteiger partial charge in [0.15, 0.2) is 0 Å². The summed E-state index contributed by atoms with van der Waals surface area (Å²) in [5, 5.41) is 3.21. The first-order valence-electron chi connectivity index (χ1n) is 7.29. The van der Waals surface area contributed by atoms with Gasteiger partial charge in [-0.2, -0.15) is 0 Å². The summed E-state index contributed by atoms with van der Waals surface area (Å²) in [5.74, 6) is 1.17. The van der Waals surface area contributed by atoms with Gasteiger partial charge in [0.05, 0.1) is 0 Å².